The van der Waals surface area contributed by atoms with Crippen molar-refractivity contribution in [3.8, 4) is 0 Å². The van der Waals surface area contributed by atoms with Gasteiger partial charge < -0.3 is 4.74 Å². The van der Waals surface area contributed by atoms with Crippen LogP contribution in [-0.2, 0) is 19.6 Å². The zero-order valence-electron chi connectivity index (χ0n) is 12.1. The molecule has 0 amide bonds. The Hall–Kier alpha value is -0.920. The molecule has 0 heterocycles. The van der Waals surface area contributed by atoms with Crippen LogP contribution in [0.2, 0.25) is 0 Å². The summed E-state index contributed by atoms with van der Waals surface area (Å²) >= 11 is 3.25. The van der Waals surface area contributed by atoms with Crippen molar-refractivity contribution >= 4 is 31.9 Å². The Labute approximate surface area is 134 Å². The normalized spacial score (nSPS) is 12.9. The summed E-state index contributed by atoms with van der Waals surface area (Å²) in [6.07, 6.45) is 2.04. The van der Waals surface area contributed by atoms with Crippen LogP contribution in [-0.4, -0.2) is 27.0 Å². The fourth-order valence-electron chi connectivity index (χ4n) is 1.75. The molecule has 0 radical (unpaired) electrons. The Morgan fingerprint density at radius 1 is 1.29 bits per heavy atom. The van der Waals surface area contributed by atoms with Crippen LogP contribution in [0.25, 0.3) is 0 Å². The zero-order chi connectivity index (χ0) is 15.9. The van der Waals surface area contributed by atoms with Crippen LogP contribution in [0.1, 0.15) is 33.1 Å². The second kappa shape index (κ2) is 8.51. The topological polar surface area (TPSA) is 72.5 Å². The second-order valence-corrected chi connectivity index (χ2v) is 7.15. The average Bonchev–Trinajstić information content (AvgIpc) is 2.44. The van der Waals surface area contributed by atoms with Crippen molar-refractivity contribution in [2.24, 2.45) is 0 Å². The molecule has 7 heteroatoms. The van der Waals surface area contributed by atoms with Crippen LogP contribution >= 0.6 is 15.9 Å². The van der Waals surface area contributed by atoms with E-state index < -0.39 is 22.0 Å². The van der Waals surface area contributed by atoms with Crippen molar-refractivity contribution in [2.45, 2.75) is 44.0 Å². The summed E-state index contributed by atoms with van der Waals surface area (Å²) in [5, 5.41) is 0. The highest BCUT2D eigenvalue weighted by Crippen LogP contribution is 2.16. The molecular formula is C14H20BrNO4S. The maximum Gasteiger partial charge on any atom is 0.324 e. The first-order valence-corrected chi connectivity index (χ1v) is 9.12. The molecule has 0 bridgehead atoms. The molecule has 0 aliphatic carbocycles. The van der Waals surface area contributed by atoms with Gasteiger partial charge in [0.05, 0.1) is 11.5 Å². The minimum Gasteiger partial charge on any atom is -0.465 e. The van der Waals surface area contributed by atoms with E-state index in [1.807, 2.05) is 6.92 Å². The number of hydrogen-bond donors (Lipinski definition) is 1. The molecule has 118 valence electrons. The fraction of sp³-hybridized carbons (Fsp3) is 0.500. The van der Waals surface area contributed by atoms with Crippen LogP contribution in [0.4, 0.5) is 0 Å². The van der Waals surface area contributed by atoms with Gasteiger partial charge in [0.15, 0.2) is 0 Å². The van der Waals surface area contributed by atoms with Gasteiger partial charge in [-0.25, -0.2) is 8.42 Å². The number of carbonyl (C=O) groups excluding carboxylic acids is 1. The number of esters is 1. The van der Waals surface area contributed by atoms with Crippen molar-refractivity contribution < 1.29 is 17.9 Å². The highest BCUT2D eigenvalue weighted by Gasteiger charge is 2.26. The van der Waals surface area contributed by atoms with E-state index in [1.165, 1.54) is 12.1 Å². The lowest BCUT2D eigenvalue weighted by atomic mass is 10.1. The van der Waals surface area contributed by atoms with E-state index in [9.17, 15) is 13.2 Å². The number of benzene rings is 1. The highest BCUT2D eigenvalue weighted by molar-refractivity contribution is 9.10. The molecule has 1 unspecified atom stereocenters. The Balaban J connectivity index is 2.89. The van der Waals surface area contributed by atoms with Gasteiger partial charge in [-0.1, -0.05) is 35.7 Å². The summed E-state index contributed by atoms with van der Waals surface area (Å²) in [5.74, 6) is -0.536. The summed E-state index contributed by atoms with van der Waals surface area (Å²) < 4.78 is 32.7. The molecule has 21 heavy (non-hydrogen) atoms. The largest absolute Gasteiger partial charge is 0.465 e. The molecule has 0 aromatic heterocycles. The molecule has 1 aromatic rings. The Kier molecular flexibility index (Phi) is 7.34. The van der Waals surface area contributed by atoms with Gasteiger partial charge in [-0.15, -0.1) is 0 Å². The SMILES string of the molecule is CCCCC(NS(=O)(=O)c1ccc(Br)cc1)C(=O)OCC. The van der Waals surface area contributed by atoms with Gasteiger partial charge >= 0.3 is 5.97 Å². The lowest BCUT2D eigenvalue weighted by Gasteiger charge is -2.17. The first kappa shape index (κ1) is 18.1. The quantitative estimate of drug-likeness (QED) is 0.706. The second-order valence-electron chi connectivity index (χ2n) is 4.52. The van der Waals surface area contributed by atoms with Crippen LogP contribution < -0.4 is 4.72 Å². The first-order valence-electron chi connectivity index (χ1n) is 6.85. The lowest BCUT2D eigenvalue weighted by molar-refractivity contribution is -0.145. The van der Waals surface area contributed by atoms with E-state index in [4.69, 9.17) is 4.74 Å². The van der Waals surface area contributed by atoms with Crippen LogP contribution in [0.15, 0.2) is 33.6 Å². The molecule has 0 aliphatic rings. The van der Waals surface area contributed by atoms with Crippen molar-refractivity contribution in [3.05, 3.63) is 28.7 Å². The lowest BCUT2D eigenvalue weighted by Crippen LogP contribution is -2.41. The number of ether oxygens (including phenoxy) is 1. The third-order valence-corrected chi connectivity index (χ3v) is 4.86. The zero-order valence-corrected chi connectivity index (χ0v) is 14.5. The van der Waals surface area contributed by atoms with Gasteiger partial charge in [0.2, 0.25) is 10.0 Å². The minimum atomic E-state index is -3.74. The summed E-state index contributed by atoms with van der Waals surface area (Å²) in [7, 11) is -3.74. The average molecular weight is 378 g/mol. The molecule has 0 aliphatic heterocycles. The van der Waals surface area contributed by atoms with E-state index >= 15 is 0 Å². The monoisotopic (exact) mass is 377 g/mol. The summed E-state index contributed by atoms with van der Waals surface area (Å²) in [6.45, 7) is 3.89. The summed E-state index contributed by atoms with van der Waals surface area (Å²) in [6, 6.07) is 5.39. The van der Waals surface area contributed by atoms with E-state index in [2.05, 4.69) is 20.7 Å². The Bertz CT molecular complexity index is 557. The van der Waals surface area contributed by atoms with E-state index in [-0.39, 0.29) is 11.5 Å². The predicted molar refractivity (Wildman–Crippen MR) is 84.4 cm³/mol. The van der Waals surface area contributed by atoms with E-state index in [0.29, 0.717) is 6.42 Å². The number of hydrogen-bond acceptors (Lipinski definition) is 4. The van der Waals surface area contributed by atoms with Crippen LogP contribution in [0.3, 0.4) is 0 Å². The Morgan fingerprint density at radius 3 is 2.43 bits per heavy atom. The molecule has 1 aromatic carbocycles. The fourth-order valence-corrected chi connectivity index (χ4v) is 3.23. The van der Waals surface area contributed by atoms with E-state index in [1.54, 1.807) is 19.1 Å². The van der Waals surface area contributed by atoms with Crippen LogP contribution in [0, 0.1) is 0 Å². The van der Waals surface area contributed by atoms with Gasteiger partial charge in [-0.2, -0.15) is 4.72 Å². The minimum absolute atomic E-state index is 0.122. The number of rotatable bonds is 8. The van der Waals surface area contributed by atoms with Gasteiger partial charge in [-0.3, -0.25) is 4.79 Å². The van der Waals surface area contributed by atoms with E-state index in [0.717, 1.165) is 17.3 Å². The maximum absolute atomic E-state index is 12.3. The molecule has 5 nitrogen and oxygen atoms in total. The third-order valence-electron chi connectivity index (χ3n) is 2.84. The number of nitrogens with one attached hydrogen (secondary N) is 1. The molecule has 1 atom stereocenters. The molecular weight excluding hydrogens is 358 g/mol. The number of carbonyl (C=O) groups is 1. The molecule has 1 N–H and O–H groups in total. The van der Waals surface area contributed by atoms with Crippen molar-refractivity contribution in [3.63, 3.8) is 0 Å². The van der Waals surface area contributed by atoms with Gasteiger partial charge in [0.25, 0.3) is 0 Å². The smallest absolute Gasteiger partial charge is 0.324 e. The van der Waals surface area contributed by atoms with Gasteiger partial charge in [-0.05, 0) is 37.6 Å². The predicted octanol–water partition coefficient (Wildman–Crippen LogP) is 2.85. The molecule has 0 saturated heterocycles. The Morgan fingerprint density at radius 2 is 1.90 bits per heavy atom. The van der Waals surface area contributed by atoms with Crippen molar-refractivity contribution in [1.29, 1.82) is 0 Å². The van der Waals surface area contributed by atoms with Crippen molar-refractivity contribution in [2.75, 3.05) is 6.61 Å². The first-order chi connectivity index (χ1) is 9.90. The standard InChI is InChI=1S/C14H20BrNO4S/c1-3-5-6-13(14(17)20-4-2)16-21(18,19)12-9-7-11(15)8-10-12/h7-10,13,16H,3-6H2,1-2H3. The number of halogens is 1. The molecule has 1 rings (SSSR count). The molecule has 0 saturated carbocycles. The van der Waals surface area contributed by atoms with Gasteiger partial charge in [0, 0.05) is 4.47 Å². The molecule has 0 fully saturated rings. The molecule has 0 spiro atoms. The van der Waals surface area contributed by atoms with Crippen LogP contribution in [0.5, 0.6) is 0 Å². The summed E-state index contributed by atoms with van der Waals surface area (Å²) in [4.78, 5) is 12.0. The highest BCUT2D eigenvalue weighted by atomic mass is 79.9. The third kappa shape index (κ3) is 5.76. The van der Waals surface area contributed by atoms with Crippen molar-refractivity contribution in [1.82, 2.24) is 4.72 Å². The van der Waals surface area contributed by atoms with Gasteiger partial charge in [0.1, 0.15) is 6.04 Å². The maximum atomic E-state index is 12.3. The number of unbranched alkanes of at least 4 members (excludes halogenated alkanes) is 1. The number of sulfonamides is 1. The summed E-state index contributed by atoms with van der Waals surface area (Å²) in [5.41, 5.74) is 0.